The van der Waals surface area contributed by atoms with Gasteiger partial charge in [0.05, 0.1) is 23.9 Å². The first kappa shape index (κ1) is 17.3. The van der Waals surface area contributed by atoms with Gasteiger partial charge in [0.1, 0.15) is 12.0 Å². The summed E-state index contributed by atoms with van der Waals surface area (Å²) in [6.45, 7) is 1.80. The first-order valence-electron chi connectivity index (χ1n) is 9.42. The highest BCUT2D eigenvalue weighted by atomic mass is 16.5. The molecule has 0 fully saturated rings. The monoisotopic (exact) mass is 386 g/mol. The summed E-state index contributed by atoms with van der Waals surface area (Å²) in [6, 6.07) is 4.25. The number of hydrogen-bond donors (Lipinski definition) is 1. The molecule has 0 radical (unpaired) electrons. The summed E-state index contributed by atoms with van der Waals surface area (Å²) in [4.78, 5) is 16.2. The number of aryl methyl sites for hydroxylation is 1. The normalized spacial score (nSPS) is 19.2. The van der Waals surface area contributed by atoms with Crippen LogP contribution in [0.2, 0.25) is 0 Å². The van der Waals surface area contributed by atoms with Crippen LogP contribution in [0.4, 0.5) is 0 Å². The second-order valence-corrected chi connectivity index (χ2v) is 7.25. The highest BCUT2D eigenvalue weighted by Crippen LogP contribution is 2.38. The van der Waals surface area contributed by atoms with Gasteiger partial charge in [-0.2, -0.15) is 15.3 Å². The van der Waals surface area contributed by atoms with Crippen molar-refractivity contribution < 1.29 is 4.52 Å². The van der Waals surface area contributed by atoms with E-state index in [9.17, 15) is 5.26 Å². The Kier molecular flexibility index (Phi) is 4.17. The Bertz CT molecular complexity index is 1240. The molecule has 144 valence electrons. The quantitative estimate of drug-likeness (QED) is 0.570. The maximum atomic E-state index is 9.21. The first-order chi connectivity index (χ1) is 14.2. The van der Waals surface area contributed by atoms with Gasteiger partial charge in [-0.15, -0.1) is 0 Å². The number of nitrogens with one attached hydrogen (secondary N) is 1. The number of hydrogen-bond acceptors (Lipinski definition) is 7. The summed E-state index contributed by atoms with van der Waals surface area (Å²) < 4.78 is 7.25. The number of allylic oxidation sites excluding steroid dienone is 2. The van der Waals surface area contributed by atoms with E-state index in [1.807, 2.05) is 23.1 Å². The van der Waals surface area contributed by atoms with Gasteiger partial charge in [0, 0.05) is 35.5 Å². The van der Waals surface area contributed by atoms with Crippen LogP contribution in [-0.2, 0) is 0 Å². The van der Waals surface area contributed by atoms with E-state index in [0.29, 0.717) is 18.1 Å². The van der Waals surface area contributed by atoms with Crippen molar-refractivity contribution in [3.63, 3.8) is 0 Å². The van der Waals surface area contributed by atoms with Gasteiger partial charge in [-0.1, -0.05) is 11.2 Å². The average molecular weight is 386 g/mol. The van der Waals surface area contributed by atoms with Crippen LogP contribution in [0.5, 0.6) is 0 Å². The number of aromatic amines is 1. The fourth-order valence-corrected chi connectivity index (χ4v) is 3.90. The lowest BCUT2D eigenvalue weighted by molar-refractivity contribution is 0.336. The summed E-state index contributed by atoms with van der Waals surface area (Å²) >= 11 is 0. The van der Waals surface area contributed by atoms with E-state index >= 15 is 0 Å². The summed E-state index contributed by atoms with van der Waals surface area (Å²) in [5, 5.41) is 18.6. The predicted octanol–water partition coefficient (Wildman–Crippen LogP) is 3.46. The summed E-state index contributed by atoms with van der Waals surface area (Å²) in [6.07, 6.45) is 11.3. The third-order valence-corrected chi connectivity index (χ3v) is 5.22. The Morgan fingerprint density at radius 3 is 3.14 bits per heavy atom. The number of rotatable bonds is 4. The molecule has 4 aromatic heterocycles. The van der Waals surface area contributed by atoms with E-state index < -0.39 is 0 Å². The van der Waals surface area contributed by atoms with Crippen LogP contribution in [0.15, 0.2) is 41.6 Å². The van der Waals surface area contributed by atoms with Crippen LogP contribution in [0.3, 0.4) is 0 Å². The SMILES string of the molecule is Cc1noc([C@H]2C=C(n3cc(-c4ncnc5[nH]ccc45)cn3)C[C@H](CC#N)C2)n1. The Hall–Kier alpha value is -3.80. The van der Waals surface area contributed by atoms with Crippen molar-refractivity contribution in [2.45, 2.75) is 32.1 Å². The molecule has 9 nitrogen and oxygen atoms in total. The zero-order chi connectivity index (χ0) is 19.8. The Labute approximate surface area is 166 Å². The van der Waals surface area contributed by atoms with E-state index in [-0.39, 0.29) is 11.8 Å². The van der Waals surface area contributed by atoms with Gasteiger partial charge < -0.3 is 9.51 Å². The minimum atomic E-state index is -0.0265. The number of nitrogens with zero attached hydrogens (tertiary/aromatic N) is 7. The summed E-state index contributed by atoms with van der Waals surface area (Å²) in [7, 11) is 0. The van der Waals surface area contributed by atoms with E-state index in [0.717, 1.165) is 40.8 Å². The van der Waals surface area contributed by atoms with Crippen LogP contribution in [-0.4, -0.2) is 34.9 Å². The van der Waals surface area contributed by atoms with Crippen LogP contribution < -0.4 is 0 Å². The minimum absolute atomic E-state index is 0.0265. The number of aromatic nitrogens is 7. The molecule has 9 heteroatoms. The van der Waals surface area contributed by atoms with Crippen molar-refractivity contribution in [1.82, 2.24) is 34.9 Å². The second kappa shape index (κ2) is 6.98. The van der Waals surface area contributed by atoms with Crippen LogP contribution in [0.25, 0.3) is 28.0 Å². The molecule has 2 atom stereocenters. The lowest BCUT2D eigenvalue weighted by Crippen LogP contribution is -2.16. The predicted molar refractivity (Wildman–Crippen MR) is 104 cm³/mol. The first-order valence-corrected chi connectivity index (χ1v) is 9.42. The smallest absolute Gasteiger partial charge is 0.233 e. The van der Waals surface area contributed by atoms with Crippen molar-refractivity contribution in [3.05, 3.63) is 48.8 Å². The molecule has 0 bridgehead atoms. The van der Waals surface area contributed by atoms with Gasteiger partial charge in [-0.05, 0) is 31.7 Å². The maximum Gasteiger partial charge on any atom is 0.233 e. The van der Waals surface area contributed by atoms with E-state index in [4.69, 9.17) is 4.52 Å². The zero-order valence-electron chi connectivity index (χ0n) is 15.8. The molecule has 4 heterocycles. The third kappa shape index (κ3) is 3.18. The van der Waals surface area contributed by atoms with Gasteiger partial charge in [0.2, 0.25) is 5.89 Å². The van der Waals surface area contributed by atoms with Crippen LogP contribution in [0.1, 0.15) is 36.9 Å². The topological polar surface area (TPSA) is 122 Å². The van der Waals surface area contributed by atoms with E-state index in [1.54, 1.807) is 19.4 Å². The second-order valence-electron chi connectivity index (χ2n) is 7.25. The lowest BCUT2D eigenvalue weighted by atomic mass is 9.83. The standard InChI is InChI=1S/C20H18N8O/c1-12-26-20(29-27-12)14-6-13(2-4-21)7-16(8-14)28-10-15(9-25-28)18-17-3-5-22-19(17)24-11-23-18/h3,5,8-11,13-14H,2,6-7H2,1H3,(H,22,23,24)/t13-,14-/m1/s1. The molecule has 0 saturated carbocycles. The Morgan fingerprint density at radius 1 is 1.38 bits per heavy atom. The molecule has 0 amide bonds. The molecule has 4 aromatic rings. The molecule has 1 N–H and O–H groups in total. The molecule has 1 aliphatic rings. The number of fused-ring (bicyclic) bond motifs is 1. The van der Waals surface area contributed by atoms with Gasteiger partial charge >= 0.3 is 0 Å². The highest BCUT2D eigenvalue weighted by molar-refractivity contribution is 5.90. The van der Waals surface area contributed by atoms with Crippen LogP contribution >= 0.6 is 0 Å². The van der Waals surface area contributed by atoms with Crippen LogP contribution in [0, 0.1) is 24.2 Å². The van der Waals surface area contributed by atoms with Crippen molar-refractivity contribution in [1.29, 1.82) is 5.26 Å². The number of H-pyrrole nitrogens is 1. The van der Waals surface area contributed by atoms with Gasteiger partial charge in [0.15, 0.2) is 5.82 Å². The molecule has 0 aliphatic heterocycles. The van der Waals surface area contributed by atoms with Crippen molar-refractivity contribution in [2.75, 3.05) is 0 Å². The zero-order valence-corrected chi connectivity index (χ0v) is 15.8. The summed E-state index contributed by atoms with van der Waals surface area (Å²) in [5.74, 6) is 1.37. The number of nitriles is 1. The Balaban J connectivity index is 1.51. The molecule has 5 rings (SSSR count). The molecule has 29 heavy (non-hydrogen) atoms. The fraction of sp³-hybridized carbons (Fsp3) is 0.300. The lowest BCUT2D eigenvalue weighted by Gasteiger charge is -2.25. The largest absolute Gasteiger partial charge is 0.346 e. The molecular formula is C20H18N8O. The molecule has 0 saturated heterocycles. The summed E-state index contributed by atoms with van der Waals surface area (Å²) in [5.41, 5.74) is 3.55. The molecule has 0 spiro atoms. The van der Waals surface area contributed by atoms with E-state index in [1.165, 1.54) is 0 Å². The average Bonchev–Trinajstić information content (AvgIpc) is 3.48. The van der Waals surface area contributed by atoms with E-state index in [2.05, 4.69) is 42.3 Å². The fourth-order valence-electron chi connectivity index (χ4n) is 3.90. The molecular weight excluding hydrogens is 368 g/mol. The van der Waals surface area contributed by atoms with Gasteiger partial charge in [-0.3, -0.25) is 0 Å². The van der Waals surface area contributed by atoms with Crippen molar-refractivity contribution >= 4 is 16.7 Å². The van der Waals surface area contributed by atoms with Crippen molar-refractivity contribution in [2.24, 2.45) is 5.92 Å². The molecule has 1 aliphatic carbocycles. The Morgan fingerprint density at radius 2 is 2.31 bits per heavy atom. The third-order valence-electron chi connectivity index (χ3n) is 5.22. The molecule has 0 aromatic carbocycles. The van der Waals surface area contributed by atoms with Gasteiger partial charge in [0.25, 0.3) is 0 Å². The maximum absolute atomic E-state index is 9.21. The van der Waals surface area contributed by atoms with Gasteiger partial charge in [-0.25, -0.2) is 14.6 Å². The molecule has 0 unspecified atom stereocenters. The minimum Gasteiger partial charge on any atom is -0.346 e. The van der Waals surface area contributed by atoms with Crippen molar-refractivity contribution in [3.8, 4) is 17.3 Å². The highest BCUT2D eigenvalue weighted by Gasteiger charge is 2.28.